The van der Waals surface area contributed by atoms with Crippen LogP contribution in [0.4, 0.5) is 8.78 Å². The van der Waals surface area contributed by atoms with E-state index in [1.165, 1.54) is 12.1 Å². The molecule has 0 radical (unpaired) electrons. The number of amides is 1. The standard InChI is InChI=1S/C17H17F2N3O3/c1-10-20-14(8-16(23)21-10)15-9-22(4-5-25-15)17(24)7-11-2-3-12(18)13(19)6-11/h2-3,6,8,15H,4-5,7,9H2,1H3,(H,20,21,23)/t15-/m1/s1. The number of rotatable bonds is 3. The maximum Gasteiger partial charge on any atom is 0.251 e. The van der Waals surface area contributed by atoms with Crippen LogP contribution in [0.2, 0.25) is 0 Å². The number of morpholine rings is 1. The lowest BCUT2D eigenvalue weighted by Gasteiger charge is -2.32. The second kappa shape index (κ2) is 7.10. The van der Waals surface area contributed by atoms with E-state index in [1.807, 2.05) is 0 Å². The molecule has 1 fully saturated rings. The summed E-state index contributed by atoms with van der Waals surface area (Å²) in [5.41, 5.74) is 0.583. The van der Waals surface area contributed by atoms with Gasteiger partial charge in [0.25, 0.3) is 5.56 Å². The molecule has 1 N–H and O–H groups in total. The molecule has 2 heterocycles. The zero-order chi connectivity index (χ0) is 18.0. The molecule has 0 aliphatic carbocycles. The Hall–Kier alpha value is -2.61. The summed E-state index contributed by atoms with van der Waals surface area (Å²) in [6, 6.07) is 4.76. The van der Waals surface area contributed by atoms with Crippen LogP contribution in [-0.4, -0.2) is 40.5 Å². The number of H-pyrrole nitrogens is 1. The van der Waals surface area contributed by atoms with Gasteiger partial charge in [0, 0.05) is 12.6 Å². The molecule has 2 aromatic rings. The molecule has 8 heteroatoms. The summed E-state index contributed by atoms with van der Waals surface area (Å²) in [5, 5.41) is 0. The first-order valence-corrected chi connectivity index (χ1v) is 7.83. The highest BCUT2D eigenvalue weighted by Gasteiger charge is 2.27. The molecule has 1 aliphatic rings. The summed E-state index contributed by atoms with van der Waals surface area (Å²) in [6.45, 7) is 2.61. The molecular weight excluding hydrogens is 332 g/mol. The maximum atomic E-state index is 13.3. The Labute approximate surface area is 142 Å². The van der Waals surface area contributed by atoms with Crippen LogP contribution in [0.25, 0.3) is 0 Å². The van der Waals surface area contributed by atoms with Crippen molar-refractivity contribution in [2.24, 2.45) is 0 Å². The summed E-state index contributed by atoms with van der Waals surface area (Å²) in [7, 11) is 0. The monoisotopic (exact) mass is 349 g/mol. The minimum atomic E-state index is -0.978. The number of hydrogen-bond donors (Lipinski definition) is 1. The van der Waals surface area contributed by atoms with Gasteiger partial charge in [0.2, 0.25) is 5.91 Å². The summed E-state index contributed by atoms with van der Waals surface area (Å²) >= 11 is 0. The van der Waals surface area contributed by atoms with Gasteiger partial charge in [-0.15, -0.1) is 0 Å². The van der Waals surface area contributed by atoms with E-state index in [4.69, 9.17) is 4.74 Å². The van der Waals surface area contributed by atoms with Crippen molar-refractivity contribution in [1.29, 1.82) is 0 Å². The fourth-order valence-corrected chi connectivity index (χ4v) is 2.76. The van der Waals surface area contributed by atoms with Crippen molar-refractivity contribution in [2.75, 3.05) is 19.7 Å². The smallest absolute Gasteiger partial charge is 0.251 e. The topological polar surface area (TPSA) is 75.3 Å². The number of hydrogen-bond acceptors (Lipinski definition) is 4. The Morgan fingerprint density at radius 3 is 2.88 bits per heavy atom. The third-order valence-electron chi connectivity index (χ3n) is 3.97. The van der Waals surface area contributed by atoms with Crippen molar-refractivity contribution in [3.63, 3.8) is 0 Å². The van der Waals surface area contributed by atoms with Crippen molar-refractivity contribution >= 4 is 5.91 Å². The number of ether oxygens (including phenoxy) is 1. The number of aromatic amines is 1. The quantitative estimate of drug-likeness (QED) is 0.911. The van der Waals surface area contributed by atoms with Gasteiger partial charge in [-0.1, -0.05) is 6.07 Å². The van der Waals surface area contributed by atoms with E-state index >= 15 is 0 Å². The number of nitrogens with zero attached hydrogens (tertiary/aromatic N) is 2. The fraction of sp³-hybridized carbons (Fsp3) is 0.353. The molecule has 0 bridgehead atoms. The van der Waals surface area contributed by atoms with E-state index < -0.39 is 17.7 Å². The van der Waals surface area contributed by atoms with Gasteiger partial charge in [0.15, 0.2) is 11.6 Å². The average molecular weight is 349 g/mol. The van der Waals surface area contributed by atoms with E-state index in [-0.39, 0.29) is 24.4 Å². The van der Waals surface area contributed by atoms with E-state index in [0.717, 1.165) is 12.1 Å². The van der Waals surface area contributed by atoms with E-state index in [0.29, 0.717) is 30.2 Å². The molecule has 6 nitrogen and oxygen atoms in total. The Morgan fingerprint density at radius 1 is 1.36 bits per heavy atom. The van der Waals surface area contributed by atoms with Gasteiger partial charge >= 0.3 is 0 Å². The Balaban J connectivity index is 1.70. The Morgan fingerprint density at radius 2 is 2.16 bits per heavy atom. The zero-order valence-electron chi connectivity index (χ0n) is 13.6. The molecule has 25 heavy (non-hydrogen) atoms. The van der Waals surface area contributed by atoms with Crippen LogP contribution in [-0.2, 0) is 16.0 Å². The Kier molecular flexibility index (Phi) is 4.89. The van der Waals surface area contributed by atoms with Crippen LogP contribution in [0.1, 0.15) is 23.2 Å². The lowest BCUT2D eigenvalue weighted by Crippen LogP contribution is -2.43. The van der Waals surface area contributed by atoms with Crippen LogP contribution >= 0.6 is 0 Å². The largest absolute Gasteiger partial charge is 0.368 e. The molecule has 132 valence electrons. The third kappa shape index (κ3) is 4.08. The van der Waals surface area contributed by atoms with Crippen molar-refractivity contribution in [2.45, 2.75) is 19.4 Å². The number of carbonyl (C=O) groups is 1. The maximum absolute atomic E-state index is 13.3. The number of carbonyl (C=O) groups excluding carboxylic acids is 1. The molecule has 1 aliphatic heterocycles. The third-order valence-corrected chi connectivity index (χ3v) is 3.97. The van der Waals surface area contributed by atoms with Crippen LogP contribution in [0.3, 0.4) is 0 Å². The van der Waals surface area contributed by atoms with E-state index in [2.05, 4.69) is 9.97 Å². The van der Waals surface area contributed by atoms with Gasteiger partial charge < -0.3 is 14.6 Å². The van der Waals surface area contributed by atoms with Crippen LogP contribution in [0.5, 0.6) is 0 Å². The highest BCUT2D eigenvalue weighted by atomic mass is 19.2. The number of aryl methyl sites for hydroxylation is 1. The molecule has 0 spiro atoms. The Bertz CT molecular complexity index is 853. The minimum absolute atomic E-state index is 0.0360. The molecule has 1 aromatic carbocycles. The lowest BCUT2D eigenvalue weighted by atomic mass is 10.1. The second-order valence-corrected chi connectivity index (χ2v) is 5.88. The lowest BCUT2D eigenvalue weighted by molar-refractivity contribution is -0.138. The SMILES string of the molecule is Cc1nc([C@H]2CN(C(=O)Cc3ccc(F)c(F)c3)CCO2)cc(=O)[nH]1. The van der Waals surface area contributed by atoms with Crippen molar-refractivity contribution in [3.8, 4) is 0 Å². The second-order valence-electron chi connectivity index (χ2n) is 5.88. The average Bonchev–Trinajstić information content (AvgIpc) is 2.57. The molecule has 1 saturated heterocycles. The summed E-state index contributed by atoms with van der Waals surface area (Å²) in [5.74, 6) is -1.68. The highest BCUT2D eigenvalue weighted by molar-refractivity contribution is 5.78. The van der Waals surface area contributed by atoms with Gasteiger partial charge in [-0.3, -0.25) is 9.59 Å². The van der Waals surface area contributed by atoms with Gasteiger partial charge in [0.1, 0.15) is 11.9 Å². The zero-order valence-corrected chi connectivity index (χ0v) is 13.6. The fourth-order valence-electron chi connectivity index (χ4n) is 2.76. The molecule has 1 atom stereocenters. The minimum Gasteiger partial charge on any atom is -0.368 e. The summed E-state index contributed by atoms with van der Waals surface area (Å²) in [6.07, 6.45) is -0.533. The summed E-state index contributed by atoms with van der Waals surface area (Å²) < 4.78 is 31.9. The first kappa shape index (κ1) is 17.2. The number of nitrogens with one attached hydrogen (secondary N) is 1. The first-order valence-electron chi connectivity index (χ1n) is 7.83. The van der Waals surface area contributed by atoms with E-state index in [1.54, 1.807) is 11.8 Å². The van der Waals surface area contributed by atoms with Crippen LogP contribution in [0, 0.1) is 18.6 Å². The molecule has 0 unspecified atom stereocenters. The van der Waals surface area contributed by atoms with Crippen molar-refractivity contribution in [1.82, 2.24) is 14.9 Å². The van der Waals surface area contributed by atoms with Crippen LogP contribution in [0.15, 0.2) is 29.1 Å². The number of benzene rings is 1. The van der Waals surface area contributed by atoms with Crippen LogP contribution < -0.4 is 5.56 Å². The van der Waals surface area contributed by atoms with Gasteiger partial charge in [-0.2, -0.15) is 0 Å². The van der Waals surface area contributed by atoms with E-state index in [9.17, 15) is 18.4 Å². The summed E-state index contributed by atoms with van der Waals surface area (Å²) in [4.78, 5) is 32.4. The van der Waals surface area contributed by atoms with Crippen molar-refractivity contribution < 1.29 is 18.3 Å². The number of halogens is 2. The van der Waals surface area contributed by atoms with Crippen molar-refractivity contribution in [3.05, 3.63) is 63.3 Å². The predicted molar refractivity (Wildman–Crippen MR) is 84.9 cm³/mol. The van der Waals surface area contributed by atoms with Gasteiger partial charge in [0.05, 0.1) is 25.3 Å². The van der Waals surface area contributed by atoms with Gasteiger partial charge in [-0.25, -0.2) is 13.8 Å². The molecule has 1 amide bonds. The molecule has 1 aromatic heterocycles. The normalized spacial score (nSPS) is 17.6. The predicted octanol–water partition coefficient (Wildman–Crippen LogP) is 1.50. The molecule has 0 saturated carbocycles. The molecule has 3 rings (SSSR count). The highest BCUT2D eigenvalue weighted by Crippen LogP contribution is 2.20. The number of aromatic nitrogens is 2. The first-order chi connectivity index (χ1) is 11.9. The van der Waals surface area contributed by atoms with Gasteiger partial charge in [-0.05, 0) is 24.6 Å². The molecular formula is C17H17F2N3O3.